The third-order valence-corrected chi connectivity index (χ3v) is 4.35. The normalized spacial score (nSPS) is 21.9. The van der Waals surface area contributed by atoms with E-state index < -0.39 is 0 Å². The zero-order chi connectivity index (χ0) is 15.4. The fraction of sp³-hybridized carbons (Fsp3) is 0.467. The van der Waals surface area contributed by atoms with E-state index in [9.17, 15) is 0 Å². The molecule has 5 nitrogen and oxygen atoms in total. The van der Waals surface area contributed by atoms with E-state index in [0.717, 1.165) is 24.8 Å². The quantitative estimate of drug-likeness (QED) is 0.831. The van der Waals surface area contributed by atoms with Crippen molar-refractivity contribution in [3.63, 3.8) is 0 Å². The standard InChI is InChI=1S/C15H17Cl2N3O2/c16-13-4-2-5-14(17)12(13)8-21-15-6-1-3-11(22-15)7-20-10-18-9-19-20/h2,4-5,9-11,15H,1,3,6-8H2. The van der Waals surface area contributed by atoms with Crippen molar-refractivity contribution in [2.45, 2.75) is 44.8 Å². The largest absolute Gasteiger partial charge is 0.348 e. The second-order valence-corrected chi connectivity index (χ2v) is 6.06. The molecule has 2 unspecified atom stereocenters. The van der Waals surface area contributed by atoms with Gasteiger partial charge in [0.1, 0.15) is 12.7 Å². The van der Waals surface area contributed by atoms with Crippen LogP contribution in [0.3, 0.4) is 0 Å². The monoisotopic (exact) mass is 341 g/mol. The summed E-state index contributed by atoms with van der Waals surface area (Å²) in [5.41, 5.74) is 0.799. The number of hydrogen-bond acceptors (Lipinski definition) is 4. The summed E-state index contributed by atoms with van der Waals surface area (Å²) in [6.45, 7) is 1.03. The van der Waals surface area contributed by atoms with Gasteiger partial charge in [-0.3, -0.25) is 4.68 Å². The van der Waals surface area contributed by atoms with Crippen molar-refractivity contribution < 1.29 is 9.47 Å². The number of halogens is 2. The van der Waals surface area contributed by atoms with Crippen LogP contribution in [0, 0.1) is 0 Å². The van der Waals surface area contributed by atoms with Crippen LogP contribution in [-0.4, -0.2) is 27.2 Å². The topological polar surface area (TPSA) is 49.2 Å². The van der Waals surface area contributed by atoms with E-state index in [1.807, 2.05) is 6.07 Å². The minimum Gasteiger partial charge on any atom is -0.348 e. The Kier molecular flexibility index (Phi) is 5.31. The van der Waals surface area contributed by atoms with E-state index in [0.29, 0.717) is 23.2 Å². The van der Waals surface area contributed by atoms with Gasteiger partial charge in [-0.25, -0.2) is 4.98 Å². The summed E-state index contributed by atoms with van der Waals surface area (Å²) in [5.74, 6) is 0. The summed E-state index contributed by atoms with van der Waals surface area (Å²) in [6.07, 6.45) is 5.98. The molecule has 1 aliphatic rings. The molecule has 0 N–H and O–H groups in total. The number of ether oxygens (including phenoxy) is 2. The smallest absolute Gasteiger partial charge is 0.158 e. The third kappa shape index (κ3) is 3.98. The van der Waals surface area contributed by atoms with Gasteiger partial charge in [-0.2, -0.15) is 5.10 Å². The first-order valence-electron chi connectivity index (χ1n) is 7.25. The first-order valence-corrected chi connectivity index (χ1v) is 8.00. The van der Waals surface area contributed by atoms with E-state index in [-0.39, 0.29) is 12.4 Å². The van der Waals surface area contributed by atoms with Gasteiger partial charge in [-0.05, 0) is 31.4 Å². The second-order valence-electron chi connectivity index (χ2n) is 5.25. The highest BCUT2D eigenvalue weighted by atomic mass is 35.5. The highest BCUT2D eigenvalue weighted by molar-refractivity contribution is 6.35. The van der Waals surface area contributed by atoms with Gasteiger partial charge < -0.3 is 9.47 Å². The van der Waals surface area contributed by atoms with Crippen LogP contribution in [0.2, 0.25) is 10.0 Å². The van der Waals surface area contributed by atoms with Gasteiger partial charge in [0.15, 0.2) is 6.29 Å². The van der Waals surface area contributed by atoms with Gasteiger partial charge in [0.2, 0.25) is 0 Å². The summed E-state index contributed by atoms with van der Waals surface area (Å²) in [7, 11) is 0. The molecule has 0 spiro atoms. The maximum absolute atomic E-state index is 6.15. The molecule has 118 valence electrons. The summed E-state index contributed by atoms with van der Waals surface area (Å²) in [4.78, 5) is 3.94. The molecule has 1 aliphatic heterocycles. The molecule has 0 amide bonds. The van der Waals surface area contributed by atoms with Crippen molar-refractivity contribution >= 4 is 23.2 Å². The molecule has 3 rings (SSSR count). The molecule has 0 saturated carbocycles. The van der Waals surface area contributed by atoms with Crippen molar-refractivity contribution in [2.24, 2.45) is 0 Å². The molecule has 1 saturated heterocycles. The maximum Gasteiger partial charge on any atom is 0.158 e. The number of benzene rings is 1. The Morgan fingerprint density at radius 2 is 2.09 bits per heavy atom. The Morgan fingerprint density at radius 3 is 2.82 bits per heavy atom. The first-order chi connectivity index (χ1) is 10.7. The molecule has 1 fully saturated rings. The Labute approximate surface area is 139 Å². The number of hydrogen-bond donors (Lipinski definition) is 0. The first kappa shape index (κ1) is 15.7. The van der Waals surface area contributed by atoms with E-state index in [2.05, 4.69) is 10.1 Å². The molecule has 22 heavy (non-hydrogen) atoms. The van der Waals surface area contributed by atoms with Crippen molar-refractivity contribution in [3.8, 4) is 0 Å². The van der Waals surface area contributed by atoms with E-state index in [1.54, 1.807) is 23.1 Å². The van der Waals surface area contributed by atoms with Gasteiger partial charge in [-0.15, -0.1) is 0 Å². The average Bonchev–Trinajstić information content (AvgIpc) is 3.00. The lowest BCUT2D eigenvalue weighted by Gasteiger charge is -2.30. The van der Waals surface area contributed by atoms with Crippen molar-refractivity contribution in [3.05, 3.63) is 46.5 Å². The van der Waals surface area contributed by atoms with Crippen molar-refractivity contribution in [1.82, 2.24) is 14.8 Å². The fourth-order valence-electron chi connectivity index (χ4n) is 2.50. The maximum atomic E-state index is 6.15. The molecule has 0 radical (unpaired) electrons. The van der Waals surface area contributed by atoms with Crippen molar-refractivity contribution in [1.29, 1.82) is 0 Å². The van der Waals surface area contributed by atoms with Crippen LogP contribution >= 0.6 is 23.2 Å². The molecular formula is C15H17Cl2N3O2. The predicted octanol–water partition coefficient (Wildman–Crippen LogP) is 3.70. The van der Waals surface area contributed by atoms with Gasteiger partial charge >= 0.3 is 0 Å². The zero-order valence-corrected chi connectivity index (χ0v) is 13.5. The molecule has 1 aromatic heterocycles. The Morgan fingerprint density at radius 1 is 1.27 bits per heavy atom. The Bertz CT molecular complexity index is 587. The minimum atomic E-state index is -0.241. The molecule has 7 heteroatoms. The van der Waals surface area contributed by atoms with Crippen LogP contribution in [0.1, 0.15) is 24.8 Å². The second kappa shape index (κ2) is 7.42. The van der Waals surface area contributed by atoms with Gasteiger partial charge in [0.25, 0.3) is 0 Å². The minimum absolute atomic E-state index is 0.0853. The third-order valence-electron chi connectivity index (χ3n) is 3.64. The van der Waals surface area contributed by atoms with E-state index in [1.165, 1.54) is 6.33 Å². The molecule has 0 bridgehead atoms. The Hall–Kier alpha value is -1.14. The SMILES string of the molecule is Clc1cccc(Cl)c1COC1CCCC(Cn2cncn2)O1. The van der Waals surface area contributed by atoms with Gasteiger partial charge in [-0.1, -0.05) is 29.3 Å². The summed E-state index contributed by atoms with van der Waals surface area (Å²) in [6, 6.07) is 5.43. The van der Waals surface area contributed by atoms with Crippen molar-refractivity contribution in [2.75, 3.05) is 0 Å². The molecule has 1 aromatic carbocycles. The van der Waals surface area contributed by atoms with Crippen LogP contribution in [0.5, 0.6) is 0 Å². The number of rotatable bonds is 5. The molecule has 2 aromatic rings. The zero-order valence-electron chi connectivity index (χ0n) is 12.0. The lowest BCUT2D eigenvalue weighted by molar-refractivity contribution is -0.202. The lowest BCUT2D eigenvalue weighted by Crippen LogP contribution is -2.32. The van der Waals surface area contributed by atoms with Crippen LogP contribution in [0.4, 0.5) is 0 Å². The highest BCUT2D eigenvalue weighted by Gasteiger charge is 2.24. The predicted molar refractivity (Wildman–Crippen MR) is 83.8 cm³/mol. The van der Waals surface area contributed by atoms with Crippen LogP contribution in [0.15, 0.2) is 30.9 Å². The molecule has 2 heterocycles. The highest BCUT2D eigenvalue weighted by Crippen LogP contribution is 2.27. The molecule has 0 aliphatic carbocycles. The summed E-state index contributed by atoms with van der Waals surface area (Å²) >= 11 is 12.3. The average molecular weight is 342 g/mol. The summed E-state index contributed by atoms with van der Waals surface area (Å²) in [5, 5.41) is 5.33. The summed E-state index contributed by atoms with van der Waals surface area (Å²) < 4.78 is 13.6. The number of aromatic nitrogens is 3. The van der Waals surface area contributed by atoms with Gasteiger partial charge in [0.05, 0.1) is 19.3 Å². The Balaban J connectivity index is 1.54. The molecular weight excluding hydrogens is 325 g/mol. The van der Waals surface area contributed by atoms with Crippen LogP contribution < -0.4 is 0 Å². The molecule has 2 atom stereocenters. The van der Waals surface area contributed by atoms with Crippen LogP contribution in [-0.2, 0) is 22.6 Å². The van der Waals surface area contributed by atoms with E-state index in [4.69, 9.17) is 32.7 Å². The van der Waals surface area contributed by atoms with Gasteiger partial charge in [0, 0.05) is 15.6 Å². The fourth-order valence-corrected chi connectivity index (χ4v) is 3.01. The van der Waals surface area contributed by atoms with E-state index >= 15 is 0 Å². The van der Waals surface area contributed by atoms with Crippen LogP contribution in [0.25, 0.3) is 0 Å². The lowest BCUT2D eigenvalue weighted by atomic mass is 10.1. The number of nitrogens with zero attached hydrogens (tertiary/aromatic N) is 3.